The van der Waals surface area contributed by atoms with Gasteiger partial charge in [0.1, 0.15) is 5.52 Å². The van der Waals surface area contributed by atoms with Gasteiger partial charge in [-0.05, 0) is 48.0 Å². The third-order valence-electron chi connectivity index (χ3n) is 4.69. The van der Waals surface area contributed by atoms with Crippen molar-refractivity contribution < 1.29 is 9.59 Å². The molecular formula is C23H21N5O2. The molecule has 2 amide bonds. The van der Waals surface area contributed by atoms with E-state index in [-0.39, 0.29) is 11.8 Å². The smallest absolute Gasteiger partial charge is 0.255 e. The van der Waals surface area contributed by atoms with Crippen LogP contribution in [0.3, 0.4) is 0 Å². The van der Waals surface area contributed by atoms with Crippen LogP contribution in [0.2, 0.25) is 0 Å². The topological polar surface area (TPSA) is 88.9 Å². The van der Waals surface area contributed by atoms with E-state index in [1.807, 2.05) is 41.1 Å². The zero-order valence-electron chi connectivity index (χ0n) is 16.5. The first-order valence-corrected chi connectivity index (χ1v) is 9.71. The fourth-order valence-corrected chi connectivity index (χ4v) is 3.10. The SMILES string of the molecule is CCC(=O)Nc1cccc(NC(=O)c2ccc(Cn3nnc4ccccc43)cc2)c1. The number of benzene rings is 3. The quantitative estimate of drug-likeness (QED) is 0.511. The molecule has 0 saturated heterocycles. The van der Waals surface area contributed by atoms with Crippen molar-refractivity contribution in [3.05, 3.63) is 83.9 Å². The second kappa shape index (κ2) is 8.57. The summed E-state index contributed by atoms with van der Waals surface area (Å²) in [5, 5.41) is 14.0. The van der Waals surface area contributed by atoms with Gasteiger partial charge in [-0.25, -0.2) is 4.68 Å². The zero-order valence-corrected chi connectivity index (χ0v) is 16.5. The first-order valence-electron chi connectivity index (χ1n) is 9.71. The number of anilines is 2. The molecule has 150 valence electrons. The van der Waals surface area contributed by atoms with Gasteiger partial charge in [0.15, 0.2) is 0 Å². The zero-order chi connectivity index (χ0) is 20.9. The third kappa shape index (κ3) is 4.35. The Hall–Kier alpha value is -4.00. The van der Waals surface area contributed by atoms with Crippen molar-refractivity contribution in [2.24, 2.45) is 0 Å². The van der Waals surface area contributed by atoms with Gasteiger partial charge < -0.3 is 10.6 Å². The van der Waals surface area contributed by atoms with Gasteiger partial charge in [-0.15, -0.1) is 5.10 Å². The van der Waals surface area contributed by atoms with E-state index in [0.29, 0.717) is 29.9 Å². The van der Waals surface area contributed by atoms with Crippen LogP contribution in [-0.4, -0.2) is 26.8 Å². The summed E-state index contributed by atoms with van der Waals surface area (Å²) in [5.41, 5.74) is 4.65. The van der Waals surface area contributed by atoms with Crippen molar-refractivity contribution in [1.82, 2.24) is 15.0 Å². The van der Waals surface area contributed by atoms with E-state index >= 15 is 0 Å². The van der Waals surface area contributed by atoms with Crippen molar-refractivity contribution in [2.75, 3.05) is 10.6 Å². The van der Waals surface area contributed by atoms with Crippen molar-refractivity contribution in [2.45, 2.75) is 19.9 Å². The average Bonchev–Trinajstić information content (AvgIpc) is 3.17. The summed E-state index contributed by atoms with van der Waals surface area (Å²) >= 11 is 0. The highest BCUT2D eigenvalue weighted by atomic mass is 16.2. The number of hydrogen-bond donors (Lipinski definition) is 2. The van der Waals surface area contributed by atoms with Crippen LogP contribution in [0.5, 0.6) is 0 Å². The Balaban J connectivity index is 1.43. The Labute approximate surface area is 173 Å². The summed E-state index contributed by atoms with van der Waals surface area (Å²) in [6.45, 7) is 2.36. The number of hydrogen-bond acceptors (Lipinski definition) is 4. The molecule has 0 fully saturated rings. The minimum atomic E-state index is -0.216. The molecule has 0 aliphatic heterocycles. The molecule has 4 rings (SSSR count). The van der Waals surface area contributed by atoms with Gasteiger partial charge in [-0.1, -0.05) is 42.5 Å². The number of nitrogens with zero attached hydrogens (tertiary/aromatic N) is 3. The molecule has 30 heavy (non-hydrogen) atoms. The molecular weight excluding hydrogens is 378 g/mol. The van der Waals surface area contributed by atoms with Gasteiger partial charge >= 0.3 is 0 Å². The molecule has 4 aromatic rings. The fraction of sp³-hybridized carbons (Fsp3) is 0.130. The van der Waals surface area contributed by atoms with Crippen LogP contribution in [0.4, 0.5) is 11.4 Å². The first kappa shape index (κ1) is 19.3. The lowest BCUT2D eigenvalue weighted by Gasteiger charge is -2.09. The van der Waals surface area contributed by atoms with E-state index in [1.54, 1.807) is 43.3 Å². The van der Waals surface area contributed by atoms with E-state index in [9.17, 15) is 9.59 Å². The van der Waals surface area contributed by atoms with Crippen molar-refractivity contribution in [1.29, 1.82) is 0 Å². The molecule has 0 bridgehead atoms. The maximum atomic E-state index is 12.6. The number of fused-ring (bicyclic) bond motifs is 1. The second-order valence-corrected chi connectivity index (χ2v) is 6.87. The minimum Gasteiger partial charge on any atom is -0.326 e. The molecule has 7 nitrogen and oxygen atoms in total. The average molecular weight is 399 g/mol. The van der Waals surface area contributed by atoms with Gasteiger partial charge in [0, 0.05) is 23.4 Å². The lowest BCUT2D eigenvalue weighted by Crippen LogP contribution is -2.13. The molecule has 0 spiro atoms. The van der Waals surface area contributed by atoms with Crippen LogP contribution in [0.15, 0.2) is 72.8 Å². The molecule has 1 heterocycles. The van der Waals surface area contributed by atoms with E-state index < -0.39 is 0 Å². The number of para-hydroxylation sites is 1. The predicted octanol–water partition coefficient (Wildman–Crippen LogP) is 4.08. The van der Waals surface area contributed by atoms with Crippen molar-refractivity contribution in [3.8, 4) is 0 Å². The highest BCUT2D eigenvalue weighted by Gasteiger charge is 2.09. The van der Waals surface area contributed by atoms with Gasteiger partial charge in [-0.3, -0.25) is 9.59 Å². The third-order valence-corrected chi connectivity index (χ3v) is 4.69. The lowest BCUT2D eigenvalue weighted by molar-refractivity contribution is -0.115. The lowest BCUT2D eigenvalue weighted by atomic mass is 10.1. The normalized spacial score (nSPS) is 10.7. The predicted molar refractivity (Wildman–Crippen MR) is 116 cm³/mol. The van der Waals surface area contributed by atoms with E-state index in [2.05, 4.69) is 20.9 Å². The number of aromatic nitrogens is 3. The monoisotopic (exact) mass is 399 g/mol. The molecule has 2 N–H and O–H groups in total. The highest BCUT2D eigenvalue weighted by molar-refractivity contribution is 6.04. The molecule has 0 aliphatic carbocycles. The summed E-state index contributed by atoms with van der Waals surface area (Å²) in [6, 6.07) is 22.3. The van der Waals surface area contributed by atoms with Crippen molar-refractivity contribution in [3.63, 3.8) is 0 Å². The molecule has 0 radical (unpaired) electrons. The summed E-state index contributed by atoms with van der Waals surface area (Å²) in [4.78, 5) is 24.1. The van der Waals surface area contributed by atoms with E-state index in [4.69, 9.17) is 0 Å². The van der Waals surface area contributed by atoms with Gasteiger partial charge in [0.2, 0.25) is 5.91 Å². The second-order valence-electron chi connectivity index (χ2n) is 6.87. The summed E-state index contributed by atoms with van der Waals surface area (Å²) in [6.07, 6.45) is 0.396. The van der Waals surface area contributed by atoms with Crippen LogP contribution in [-0.2, 0) is 11.3 Å². The van der Waals surface area contributed by atoms with Gasteiger partial charge in [-0.2, -0.15) is 0 Å². The largest absolute Gasteiger partial charge is 0.326 e. The number of rotatable bonds is 6. The van der Waals surface area contributed by atoms with E-state index in [1.165, 1.54) is 0 Å². The van der Waals surface area contributed by atoms with Gasteiger partial charge in [0.05, 0.1) is 12.1 Å². The number of nitrogens with one attached hydrogen (secondary N) is 2. The van der Waals surface area contributed by atoms with Crippen LogP contribution in [0.1, 0.15) is 29.3 Å². The first-order chi connectivity index (χ1) is 14.6. The van der Waals surface area contributed by atoms with Crippen molar-refractivity contribution >= 4 is 34.2 Å². The Morgan fingerprint density at radius 3 is 2.40 bits per heavy atom. The molecule has 0 aliphatic rings. The highest BCUT2D eigenvalue weighted by Crippen LogP contribution is 2.17. The summed E-state index contributed by atoms with van der Waals surface area (Å²) in [7, 11) is 0. The molecule has 7 heteroatoms. The maximum absolute atomic E-state index is 12.6. The number of amides is 2. The van der Waals surface area contributed by atoms with E-state index in [0.717, 1.165) is 16.6 Å². The van der Waals surface area contributed by atoms with Crippen LogP contribution >= 0.6 is 0 Å². The fourth-order valence-electron chi connectivity index (χ4n) is 3.10. The standard InChI is InChI=1S/C23H21N5O2/c1-2-22(29)24-18-6-5-7-19(14-18)25-23(30)17-12-10-16(11-13-17)15-28-21-9-4-3-8-20(21)26-27-28/h3-14H,2,15H2,1H3,(H,24,29)(H,25,30). The minimum absolute atomic E-state index is 0.0748. The number of carbonyl (C=O) groups is 2. The van der Waals surface area contributed by atoms with Crippen LogP contribution in [0.25, 0.3) is 11.0 Å². The Morgan fingerprint density at radius 2 is 1.63 bits per heavy atom. The van der Waals surface area contributed by atoms with Crippen LogP contribution < -0.4 is 10.6 Å². The van der Waals surface area contributed by atoms with Gasteiger partial charge in [0.25, 0.3) is 5.91 Å². The number of carbonyl (C=O) groups excluding carboxylic acids is 2. The summed E-state index contributed by atoms with van der Waals surface area (Å²) < 4.78 is 1.83. The molecule has 0 unspecified atom stereocenters. The molecule has 0 atom stereocenters. The summed E-state index contributed by atoms with van der Waals surface area (Å²) in [5.74, 6) is -0.291. The maximum Gasteiger partial charge on any atom is 0.255 e. The molecule has 3 aromatic carbocycles. The molecule has 0 saturated carbocycles. The Bertz CT molecular complexity index is 1200. The Kier molecular flexibility index (Phi) is 5.52. The van der Waals surface area contributed by atoms with Crippen LogP contribution in [0, 0.1) is 0 Å². The Morgan fingerprint density at radius 1 is 0.900 bits per heavy atom. The molecule has 1 aromatic heterocycles.